The minimum atomic E-state index is 0.172. The van der Waals surface area contributed by atoms with Crippen LogP contribution in [0.1, 0.15) is 37.5 Å². The van der Waals surface area contributed by atoms with Crippen LogP contribution in [0.2, 0.25) is 0 Å². The van der Waals surface area contributed by atoms with Crippen LogP contribution in [0.4, 0.5) is 0 Å². The molecule has 1 aliphatic rings. The fourth-order valence-electron chi connectivity index (χ4n) is 2.05. The van der Waals surface area contributed by atoms with Gasteiger partial charge in [0.15, 0.2) is 0 Å². The van der Waals surface area contributed by atoms with E-state index in [4.69, 9.17) is 5.26 Å². The molecule has 0 unspecified atom stereocenters. The zero-order valence-electron chi connectivity index (χ0n) is 12.8. The Morgan fingerprint density at radius 2 is 2.05 bits per heavy atom. The highest BCUT2D eigenvalue weighted by molar-refractivity contribution is 5.34. The van der Waals surface area contributed by atoms with Crippen LogP contribution in [0.5, 0.6) is 0 Å². The second-order valence-corrected chi connectivity index (χ2v) is 4.29. The number of aromatic nitrogens is 2. The third kappa shape index (κ3) is 4.19. The van der Waals surface area contributed by atoms with E-state index in [2.05, 4.69) is 29.3 Å². The molecule has 1 heterocycles. The lowest BCUT2D eigenvalue weighted by Gasteiger charge is -2.07. The minimum Gasteiger partial charge on any atom is -0.315 e. The highest BCUT2D eigenvalue weighted by atomic mass is 15.1. The molecule has 0 aliphatic heterocycles. The van der Waals surface area contributed by atoms with Gasteiger partial charge in [0.1, 0.15) is 17.6 Å². The maximum atomic E-state index is 9.25. The van der Waals surface area contributed by atoms with E-state index in [1.807, 2.05) is 43.6 Å². The molecule has 0 aromatic carbocycles. The molecule has 1 aromatic rings. The number of imidazole rings is 1. The first-order valence-corrected chi connectivity index (χ1v) is 7.11. The second-order valence-electron chi connectivity index (χ2n) is 4.29. The smallest absolute Gasteiger partial charge is 0.144 e. The van der Waals surface area contributed by atoms with Crippen molar-refractivity contribution in [3.63, 3.8) is 0 Å². The fourth-order valence-corrected chi connectivity index (χ4v) is 2.05. The summed E-state index contributed by atoms with van der Waals surface area (Å²) >= 11 is 0. The average Bonchev–Trinajstić information content (AvgIpc) is 2.69. The van der Waals surface area contributed by atoms with Gasteiger partial charge in [-0.1, -0.05) is 44.2 Å². The van der Waals surface area contributed by atoms with Gasteiger partial charge in [-0.05, 0) is 18.9 Å². The van der Waals surface area contributed by atoms with E-state index >= 15 is 0 Å². The largest absolute Gasteiger partial charge is 0.315 e. The molecule has 0 saturated heterocycles. The highest BCUT2D eigenvalue weighted by Crippen LogP contribution is 2.15. The van der Waals surface area contributed by atoms with Gasteiger partial charge >= 0.3 is 0 Å². The van der Waals surface area contributed by atoms with Crippen LogP contribution in [-0.2, 0) is 13.0 Å². The summed E-state index contributed by atoms with van der Waals surface area (Å²) in [6, 6.07) is 4.20. The number of hydrogen-bond acceptors (Lipinski definition) is 3. The molecule has 0 fully saturated rings. The number of rotatable bonds is 3. The topological polar surface area (TPSA) is 65.4 Å². The molecule has 4 heteroatoms. The fraction of sp³-hybridized carbons (Fsp3) is 0.353. The third-order valence-corrected chi connectivity index (χ3v) is 2.97. The Morgan fingerprint density at radius 1 is 1.29 bits per heavy atom. The van der Waals surface area contributed by atoms with Crippen LogP contribution in [0.15, 0.2) is 36.0 Å². The van der Waals surface area contributed by atoms with Crippen molar-refractivity contribution in [1.29, 1.82) is 10.5 Å². The molecule has 0 radical (unpaired) electrons. The van der Waals surface area contributed by atoms with Gasteiger partial charge in [0, 0.05) is 6.54 Å². The van der Waals surface area contributed by atoms with Gasteiger partial charge in [0.25, 0.3) is 0 Å². The van der Waals surface area contributed by atoms with E-state index in [-0.39, 0.29) is 6.42 Å². The van der Waals surface area contributed by atoms with E-state index in [1.54, 1.807) is 0 Å². The predicted molar refractivity (Wildman–Crippen MR) is 83.3 cm³/mol. The summed E-state index contributed by atoms with van der Waals surface area (Å²) in [4.78, 5) is 4.31. The van der Waals surface area contributed by atoms with Crippen molar-refractivity contribution in [2.24, 2.45) is 0 Å². The van der Waals surface area contributed by atoms with Crippen molar-refractivity contribution in [2.45, 2.75) is 40.2 Å². The standard InChI is InChI=1S/C15H14N4.C2H6/c1-12-18-14(8-9-16)15(10-17)19(12)11-13-6-4-2-3-5-7-13;1-2/h2,4-7H,3,8,11H2,1H3;1-2H3. The van der Waals surface area contributed by atoms with Gasteiger partial charge in [-0.25, -0.2) is 4.98 Å². The van der Waals surface area contributed by atoms with Gasteiger partial charge in [0.05, 0.1) is 18.2 Å². The Morgan fingerprint density at radius 3 is 2.71 bits per heavy atom. The van der Waals surface area contributed by atoms with Crippen molar-refractivity contribution in [2.75, 3.05) is 0 Å². The Balaban J connectivity index is 0.00000106. The average molecular weight is 280 g/mol. The molecule has 0 spiro atoms. The quantitative estimate of drug-likeness (QED) is 0.849. The van der Waals surface area contributed by atoms with E-state index < -0.39 is 0 Å². The molecule has 21 heavy (non-hydrogen) atoms. The molecule has 1 aliphatic carbocycles. The van der Waals surface area contributed by atoms with Gasteiger partial charge < -0.3 is 4.57 Å². The molecule has 2 rings (SSSR count). The molecule has 4 nitrogen and oxygen atoms in total. The van der Waals surface area contributed by atoms with E-state index in [1.165, 1.54) is 0 Å². The first-order chi connectivity index (χ1) is 10.3. The molecular weight excluding hydrogens is 260 g/mol. The zero-order valence-corrected chi connectivity index (χ0v) is 12.8. The van der Waals surface area contributed by atoms with Crippen molar-refractivity contribution >= 4 is 0 Å². The minimum absolute atomic E-state index is 0.172. The summed E-state index contributed by atoms with van der Waals surface area (Å²) in [7, 11) is 0. The van der Waals surface area contributed by atoms with Crippen LogP contribution in [-0.4, -0.2) is 9.55 Å². The summed E-state index contributed by atoms with van der Waals surface area (Å²) in [5.41, 5.74) is 2.17. The Kier molecular flexibility index (Phi) is 6.71. The highest BCUT2D eigenvalue weighted by Gasteiger charge is 2.14. The lowest BCUT2D eigenvalue weighted by molar-refractivity contribution is 0.750. The first-order valence-electron chi connectivity index (χ1n) is 7.11. The lowest BCUT2D eigenvalue weighted by Crippen LogP contribution is -2.05. The van der Waals surface area contributed by atoms with Gasteiger partial charge in [0.2, 0.25) is 0 Å². The zero-order chi connectivity index (χ0) is 15.7. The van der Waals surface area contributed by atoms with Crippen molar-refractivity contribution < 1.29 is 0 Å². The lowest BCUT2D eigenvalue weighted by atomic mass is 10.2. The summed E-state index contributed by atoms with van der Waals surface area (Å²) in [6.07, 6.45) is 11.4. The molecule has 0 amide bonds. The molecule has 1 aromatic heterocycles. The Hall–Kier alpha value is -2.59. The second kappa shape index (κ2) is 8.55. The van der Waals surface area contributed by atoms with Crippen LogP contribution in [0, 0.1) is 29.6 Å². The Bertz CT molecular complexity index is 646. The first kappa shape index (κ1) is 16.5. The number of nitrogens with zero attached hydrogens (tertiary/aromatic N) is 4. The third-order valence-electron chi connectivity index (χ3n) is 2.97. The predicted octanol–water partition coefficient (Wildman–Crippen LogP) is 3.60. The van der Waals surface area contributed by atoms with Crippen LogP contribution >= 0.6 is 0 Å². The van der Waals surface area contributed by atoms with E-state index in [0.717, 1.165) is 17.8 Å². The summed E-state index contributed by atoms with van der Waals surface area (Å²) in [6.45, 7) is 6.46. The van der Waals surface area contributed by atoms with Crippen LogP contribution in [0.25, 0.3) is 0 Å². The SMILES string of the molecule is CC.Cc1nc(CC#N)c(C#N)n1CC1=CC=CCC=C1. The number of aryl methyl sites for hydroxylation is 1. The molecule has 0 saturated carbocycles. The normalized spacial score (nSPS) is 12.5. The summed E-state index contributed by atoms with van der Waals surface area (Å²) in [5, 5.41) is 18.0. The van der Waals surface area contributed by atoms with Crippen LogP contribution < -0.4 is 0 Å². The van der Waals surface area contributed by atoms with Gasteiger partial charge in [-0.2, -0.15) is 10.5 Å². The van der Waals surface area contributed by atoms with E-state index in [0.29, 0.717) is 17.9 Å². The monoisotopic (exact) mass is 280 g/mol. The van der Waals surface area contributed by atoms with E-state index in [9.17, 15) is 5.26 Å². The van der Waals surface area contributed by atoms with Crippen molar-refractivity contribution in [3.05, 3.63) is 53.2 Å². The molecule has 108 valence electrons. The summed E-state index contributed by atoms with van der Waals surface area (Å²) in [5.74, 6) is 0.768. The molecule has 0 bridgehead atoms. The van der Waals surface area contributed by atoms with Gasteiger partial charge in [-0.15, -0.1) is 0 Å². The van der Waals surface area contributed by atoms with Crippen LogP contribution in [0.3, 0.4) is 0 Å². The number of allylic oxidation sites excluding steroid dienone is 6. The molecule has 0 atom stereocenters. The maximum Gasteiger partial charge on any atom is 0.144 e. The number of nitriles is 2. The number of hydrogen-bond donors (Lipinski definition) is 0. The van der Waals surface area contributed by atoms with Crippen molar-refractivity contribution in [1.82, 2.24) is 9.55 Å². The Labute approximate surface area is 126 Å². The maximum absolute atomic E-state index is 9.25. The van der Waals surface area contributed by atoms with Gasteiger partial charge in [-0.3, -0.25) is 0 Å². The molecule has 0 N–H and O–H groups in total. The summed E-state index contributed by atoms with van der Waals surface area (Å²) < 4.78 is 1.86. The molecular formula is C17H20N4. The van der Waals surface area contributed by atoms with Crippen molar-refractivity contribution in [3.8, 4) is 12.1 Å².